The number of nitrogens with zero attached hydrogens (tertiary/aromatic N) is 1. The maximum atomic E-state index is 11.6. The van der Waals surface area contributed by atoms with Crippen LogP contribution in [0.1, 0.15) is 12.5 Å². The lowest BCUT2D eigenvalue weighted by atomic mass is 10.1. The van der Waals surface area contributed by atoms with E-state index in [0.29, 0.717) is 19.6 Å². The first-order valence-electron chi connectivity index (χ1n) is 5.35. The molecule has 16 heavy (non-hydrogen) atoms. The van der Waals surface area contributed by atoms with Gasteiger partial charge in [0.25, 0.3) is 0 Å². The number of hydrogen-bond acceptors (Lipinski definition) is 3. The number of rotatable bonds is 3. The lowest BCUT2D eigenvalue weighted by Gasteiger charge is -2.18. The second-order valence-electron chi connectivity index (χ2n) is 4.36. The van der Waals surface area contributed by atoms with Gasteiger partial charge in [0.15, 0.2) is 0 Å². The van der Waals surface area contributed by atoms with Crippen LogP contribution in [0.3, 0.4) is 0 Å². The number of hydrogen-bond donors (Lipinski definition) is 1. The standard InChI is InChI=1S/C12H16N2O2/c1-12(8-13)9-14(11(15)16-12)7-10-5-3-2-4-6-10/h2-6H,7-9,13H2,1H3. The fraction of sp³-hybridized carbons (Fsp3) is 0.417. The average Bonchev–Trinajstić information content (AvgIpc) is 2.57. The molecule has 1 aromatic carbocycles. The van der Waals surface area contributed by atoms with Crippen molar-refractivity contribution in [1.29, 1.82) is 0 Å². The van der Waals surface area contributed by atoms with E-state index in [4.69, 9.17) is 10.5 Å². The third kappa shape index (κ3) is 2.17. The highest BCUT2D eigenvalue weighted by Gasteiger charge is 2.40. The maximum absolute atomic E-state index is 11.6. The maximum Gasteiger partial charge on any atom is 0.410 e. The molecular formula is C12H16N2O2. The molecular weight excluding hydrogens is 204 g/mol. The molecule has 1 aliphatic heterocycles. The zero-order chi connectivity index (χ0) is 11.6. The predicted molar refractivity (Wildman–Crippen MR) is 60.8 cm³/mol. The quantitative estimate of drug-likeness (QED) is 0.836. The van der Waals surface area contributed by atoms with Crippen LogP contribution in [0.4, 0.5) is 4.79 Å². The second kappa shape index (κ2) is 4.14. The molecule has 0 aliphatic carbocycles. The minimum atomic E-state index is -0.536. The van der Waals surface area contributed by atoms with E-state index in [-0.39, 0.29) is 6.09 Å². The van der Waals surface area contributed by atoms with Crippen molar-refractivity contribution in [3.8, 4) is 0 Å². The predicted octanol–water partition coefficient (Wildman–Crippen LogP) is 1.36. The summed E-state index contributed by atoms with van der Waals surface area (Å²) in [5.41, 5.74) is 6.14. The summed E-state index contributed by atoms with van der Waals surface area (Å²) >= 11 is 0. The van der Waals surface area contributed by atoms with E-state index in [1.54, 1.807) is 4.90 Å². The van der Waals surface area contributed by atoms with Crippen LogP contribution in [0, 0.1) is 0 Å². The average molecular weight is 220 g/mol. The summed E-state index contributed by atoms with van der Waals surface area (Å²) in [6, 6.07) is 9.85. The van der Waals surface area contributed by atoms with E-state index in [2.05, 4.69) is 0 Å². The summed E-state index contributed by atoms with van der Waals surface area (Å²) in [6.45, 7) is 3.34. The van der Waals surface area contributed by atoms with Gasteiger partial charge in [0.05, 0.1) is 6.54 Å². The second-order valence-corrected chi connectivity index (χ2v) is 4.36. The molecule has 0 aromatic heterocycles. The SMILES string of the molecule is CC1(CN)CN(Cc2ccccc2)C(=O)O1. The molecule has 0 saturated carbocycles. The fourth-order valence-electron chi connectivity index (χ4n) is 1.81. The van der Waals surface area contributed by atoms with E-state index >= 15 is 0 Å². The van der Waals surface area contributed by atoms with Gasteiger partial charge in [-0.1, -0.05) is 30.3 Å². The van der Waals surface area contributed by atoms with Crippen LogP contribution in [0.5, 0.6) is 0 Å². The smallest absolute Gasteiger partial charge is 0.410 e. The van der Waals surface area contributed by atoms with Crippen molar-refractivity contribution in [3.63, 3.8) is 0 Å². The number of benzene rings is 1. The Morgan fingerprint density at radius 1 is 1.44 bits per heavy atom. The Bertz CT molecular complexity index is 380. The Morgan fingerprint density at radius 3 is 2.69 bits per heavy atom. The van der Waals surface area contributed by atoms with Crippen LogP contribution in [-0.4, -0.2) is 29.7 Å². The highest BCUT2D eigenvalue weighted by Crippen LogP contribution is 2.22. The lowest BCUT2D eigenvalue weighted by Crippen LogP contribution is -2.38. The lowest BCUT2D eigenvalue weighted by molar-refractivity contribution is 0.0781. The van der Waals surface area contributed by atoms with Crippen molar-refractivity contribution >= 4 is 6.09 Å². The zero-order valence-electron chi connectivity index (χ0n) is 9.35. The Balaban J connectivity index is 2.05. The minimum absolute atomic E-state index is 0.281. The largest absolute Gasteiger partial charge is 0.440 e. The molecule has 1 atom stereocenters. The van der Waals surface area contributed by atoms with Crippen LogP contribution in [0.2, 0.25) is 0 Å². The van der Waals surface area contributed by atoms with Gasteiger partial charge in [0.1, 0.15) is 5.60 Å². The molecule has 86 valence electrons. The molecule has 2 rings (SSSR count). The minimum Gasteiger partial charge on any atom is -0.440 e. The van der Waals surface area contributed by atoms with Gasteiger partial charge in [-0.2, -0.15) is 0 Å². The molecule has 4 nitrogen and oxygen atoms in total. The van der Waals surface area contributed by atoms with Crippen molar-refractivity contribution in [2.45, 2.75) is 19.1 Å². The van der Waals surface area contributed by atoms with Crippen LogP contribution < -0.4 is 5.73 Å². The fourth-order valence-corrected chi connectivity index (χ4v) is 1.81. The third-order valence-corrected chi connectivity index (χ3v) is 2.77. The highest BCUT2D eigenvalue weighted by molar-refractivity contribution is 5.70. The van der Waals surface area contributed by atoms with Gasteiger partial charge in [-0.25, -0.2) is 4.79 Å². The van der Waals surface area contributed by atoms with Crippen molar-refractivity contribution in [1.82, 2.24) is 4.90 Å². The topological polar surface area (TPSA) is 55.6 Å². The van der Waals surface area contributed by atoms with E-state index in [1.807, 2.05) is 37.3 Å². The van der Waals surface area contributed by atoms with E-state index < -0.39 is 5.60 Å². The Morgan fingerprint density at radius 2 is 2.12 bits per heavy atom. The first-order chi connectivity index (χ1) is 7.63. The van der Waals surface area contributed by atoms with Crippen LogP contribution in [0.25, 0.3) is 0 Å². The van der Waals surface area contributed by atoms with Crippen molar-refractivity contribution < 1.29 is 9.53 Å². The monoisotopic (exact) mass is 220 g/mol. The summed E-state index contributed by atoms with van der Waals surface area (Å²) in [5.74, 6) is 0. The molecule has 2 N–H and O–H groups in total. The zero-order valence-corrected chi connectivity index (χ0v) is 9.35. The van der Waals surface area contributed by atoms with E-state index in [1.165, 1.54) is 0 Å². The summed E-state index contributed by atoms with van der Waals surface area (Å²) in [4.78, 5) is 13.3. The summed E-state index contributed by atoms with van der Waals surface area (Å²) in [5, 5.41) is 0. The summed E-state index contributed by atoms with van der Waals surface area (Å²) < 4.78 is 5.24. The first-order valence-corrected chi connectivity index (χ1v) is 5.35. The van der Waals surface area contributed by atoms with Crippen LogP contribution >= 0.6 is 0 Å². The van der Waals surface area contributed by atoms with Crippen molar-refractivity contribution in [2.24, 2.45) is 5.73 Å². The summed E-state index contributed by atoms with van der Waals surface area (Å²) in [6.07, 6.45) is -0.281. The van der Waals surface area contributed by atoms with Gasteiger partial charge in [0.2, 0.25) is 0 Å². The van der Waals surface area contributed by atoms with Gasteiger partial charge in [-0.05, 0) is 12.5 Å². The molecule has 0 radical (unpaired) electrons. The molecule has 4 heteroatoms. The van der Waals surface area contributed by atoms with Crippen molar-refractivity contribution in [3.05, 3.63) is 35.9 Å². The Kier molecular flexibility index (Phi) is 2.83. The van der Waals surface area contributed by atoms with E-state index in [0.717, 1.165) is 5.56 Å². The molecule has 1 aromatic rings. The Labute approximate surface area is 95.0 Å². The third-order valence-electron chi connectivity index (χ3n) is 2.77. The molecule has 0 bridgehead atoms. The van der Waals surface area contributed by atoms with Gasteiger partial charge < -0.3 is 10.5 Å². The number of nitrogens with two attached hydrogens (primary N) is 1. The van der Waals surface area contributed by atoms with Gasteiger partial charge in [-0.3, -0.25) is 4.90 Å². The van der Waals surface area contributed by atoms with Crippen LogP contribution in [-0.2, 0) is 11.3 Å². The number of ether oxygens (including phenoxy) is 1. The van der Waals surface area contributed by atoms with Gasteiger partial charge >= 0.3 is 6.09 Å². The van der Waals surface area contributed by atoms with Gasteiger partial charge in [0, 0.05) is 13.1 Å². The Hall–Kier alpha value is -1.55. The highest BCUT2D eigenvalue weighted by atomic mass is 16.6. The van der Waals surface area contributed by atoms with Gasteiger partial charge in [-0.15, -0.1) is 0 Å². The number of cyclic esters (lactones) is 1. The number of carbonyl (C=O) groups is 1. The van der Waals surface area contributed by atoms with Crippen LogP contribution in [0.15, 0.2) is 30.3 Å². The van der Waals surface area contributed by atoms with Crippen molar-refractivity contribution in [2.75, 3.05) is 13.1 Å². The summed E-state index contributed by atoms with van der Waals surface area (Å²) in [7, 11) is 0. The first kappa shape index (κ1) is 11.0. The molecule has 1 aliphatic rings. The molecule has 1 heterocycles. The molecule has 1 fully saturated rings. The molecule has 1 unspecified atom stereocenters. The molecule has 0 spiro atoms. The normalized spacial score (nSPS) is 24.6. The molecule has 1 amide bonds. The molecule has 1 saturated heterocycles. The number of amides is 1. The van der Waals surface area contributed by atoms with E-state index in [9.17, 15) is 4.79 Å². The number of carbonyl (C=O) groups excluding carboxylic acids is 1.